The zero-order chi connectivity index (χ0) is 10.3. The number of carbonyl (C=O) groups is 1. The van der Waals surface area contributed by atoms with Gasteiger partial charge in [0.2, 0.25) is 0 Å². The van der Waals surface area contributed by atoms with E-state index in [9.17, 15) is 4.79 Å². The number of hydrogen-bond acceptors (Lipinski definition) is 3. The summed E-state index contributed by atoms with van der Waals surface area (Å²) in [5.41, 5.74) is 6.46. The molecule has 1 aromatic carbocycles. The molecule has 0 aliphatic rings. The van der Waals surface area contributed by atoms with Crippen LogP contribution in [0.1, 0.15) is 10.4 Å². The molecule has 0 aliphatic carbocycles. The largest absolute Gasteiger partial charge is 0.478 e. The van der Waals surface area contributed by atoms with Crippen molar-refractivity contribution in [2.75, 3.05) is 5.73 Å². The molecule has 0 bridgehead atoms. The summed E-state index contributed by atoms with van der Waals surface area (Å²) in [5.74, 6) is -0.936. The Bertz CT molecular complexity index is 521. The summed E-state index contributed by atoms with van der Waals surface area (Å²) in [5, 5.41) is 9.67. The topological polar surface area (TPSA) is 63.3 Å². The number of rotatable bonds is 1. The van der Waals surface area contributed by atoms with Crippen molar-refractivity contribution < 1.29 is 9.90 Å². The minimum Gasteiger partial charge on any atom is -0.478 e. The number of nitrogens with two attached hydrogens (primary N) is 1. The van der Waals surface area contributed by atoms with Crippen LogP contribution in [0.3, 0.4) is 0 Å². The number of thiophene rings is 1. The van der Waals surface area contributed by atoms with Crippen molar-refractivity contribution in [1.29, 1.82) is 0 Å². The SMILES string of the molecule is Nc1ccc2sc(Br)c(C(=O)O)c2c1. The van der Waals surface area contributed by atoms with Crippen LogP contribution in [0.15, 0.2) is 22.0 Å². The van der Waals surface area contributed by atoms with Gasteiger partial charge in [-0.15, -0.1) is 11.3 Å². The minimum absolute atomic E-state index is 0.289. The lowest BCUT2D eigenvalue weighted by Gasteiger charge is -1.94. The molecule has 14 heavy (non-hydrogen) atoms. The van der Waals surface area contributed by atoms with Gasteiger partial charge in [-0.05, 0) is 34.1 Å². The second-order valence-corrected chi connectivity index (χ2v) is 5.18. The minimum atomic E-state index is -0.936. The standard InChI is InChI=1S/C9H6BrNO2S/c10-8-7(9(12)13)5-3-4(11)1-2-6(5)14-8/h1-3H,11H2,(H,12,13). The summed E-state index contributed by atoms with van der Waals surface area (Å²) in [7, 11) is 0. The van der Waals surface area contributed by atoms with E-state index in [1.54, 1.807) is 12.1 Å². The Morgan fingerprint density at radius 1 is 1.50 bits per heavy atom. The molecule has 3 nitrogen and oxygen atoms in total. The van der Waals surface area contributed by atoms with Gasteiger partial charge in [-0.3, -0.25) is 0 Å². The van der Waals surface area contributed by atoms with Crippen molar-refractivity contribution in [3.8, 4) is 0 Å². The van der Waals surface area contributed by atoms with Gasteiger partial charge >= 0.3 is 5.97 Å². The monoisotopic (exact) mass is 271 g/mol. The second-order valence-electron chi connectivity index (χ2n) is 2.81. The summed E-state index contributed by atoms with van der Waals surface area (Å²) < 4.78 is 1.55. The lowest BCUT2D eigenvalue weighted by Crippen LogP contribution is -1.95. The number of fused-ring (bicyclic) bond motifs is 1. The molecule has 2 aromatic rings. The number of carboxylic acids is 1. The van der Waals surface area contributed by atoms with Crippen LogP contribution < -0.4 is 5.73 Å². The number of carboxylic acid groups (broad SMARTS) is 1. The van der Waals surface area contributed by atoms with Crippen molar-refractivity contribution in [3.63, 3.8) is 0 Å². The number of benzene rings is 1. The lowest BCUT2D eigenvalue weighted by molar-refractivity contribution is 0.0698. The number of anilines is 1. The van der Waals surface area contributed by atoms with Crippen LogP contribution in [0, 0.1) is 0 Å². The second kappa shape index (κ2) is 3.25. The lowest BCUT2D eigenvalue weighted by atomic mass is 10.1. The van der Waals surface area contributed by atoms with Crippen molar-refractivity contribution in [1.82, 2.24) is 0 Å². The maximum atomic E-state index is 10.9. The zero-order valence-electron chi connectivity index (χ0n) is 6.95. The van der Waals surface area contributed by atoms with Gasteiger partial charge in [0, 0.05) is 15.8 Å². The highest BCUT2D eigenvalue weighted by Crippen LogP contribution is 2.36. The Kier molecular flexibility index (Phi) is 2.20. The number of halogens is 1. The summed E-state index contributed by atoms with van der Waals surface area (Å²) in [6.45, 7) is 0. The van der Waals surface area contributed by atoms with E-state index >= 15 is 0 Å². The summed E-state index contributed by atoms with van der Waals surface area (Å²) in [6, 6.07) is 5.27. The van der Waals surface area contributed by atoms with Gasteiger partial charge in [0.15, 0.2) is 0 Å². The first kappa shape index (κ1) is 9.48. The van der Waals surface area contributed by atoms with Crippen molar-refractivity contribution in [2.45, 2.75) is 0 Å². The van der Waals surface area contributed by atoms with E-state index in [2.05, 4.69) is 15.9 Å². The molecule has 0 aliphatic heterocycles. The molecule has 2 rings (SSSR count). The average Bonchev–Trinajstić information content (AvgIpc) is 2.40. The quantitative estimate of drug-likeness (QED) is 0.784. The van der Waals surface area contributed by atoms with Crippen LogP contribution in [-0.4, -0.2) is 11.1 Å². The highest BCUT2D eigenvalue weighted by atomic mass is 79.9. The number of aromatic carboxylic acids is 1. The van der Waals surface area contributed by atoms with Gasteiger partial charge in [-0.2, -0.15) is 0 Å². The Labute approximate surface area is 92.3 Å². The highest BCUT2D eigenvalue weighted by molar-refractivity contribution is 9.11. The highest BCUT2D eigenvalue weighted by Gasteiger charge is 2.16. The molecule has 0 amide bonds. The molecular weight excluding hydrogens is 266 g/mol. The molecule has 1 heterocycles. The summed E-state index contributed by atoms with van der Waals surface area (Å²) >= 11 is 4.63. The summed E-state index contributed by atoms with van der Waals surface area (Å²) in [6.07, 6.45) is 0. The Balaban J connectivity index is 2.86. The van der Waals surface area contributed by atoms with Crippen LogP contribution in [0.2, 0.25) is 0 Å². The van der Waals surface area contributed by atoms with Gasteiger partial charge < -0.3 is 10.8 Å². The van der Waals surface area contributed by atoms with Crippen LogP contribution in [0.5, 0.6) is 0 Å². The molecule has 72 valence electrons. The average molecular weight is 272 g/mol. The molecule has 0 spiro atoms. The predicted molar refractivity (Wildman–Crippen MR) is 60.9 cm³/mol. The molecule has 0 unspecified atom stereocenters. The third kappa shape index (κ3) is 1.38. The maximum Gasteiger partial charge on any atom is 0.338 e. The van der Waals surface area contributed by atoms with E-state index < -0.39 is 5.97 Å². The van der Waals surface area contributed by atoms with Crippen LogP contribution >= 0.6 is 27.3 Å². The van der Waals surface area contributed by atoms with E-state index in [-0.39, 0.29) is 5.56 Å². The molecule has 0 saturated carbocycles. The first-order valence-corrected chi connectivity index (χ1v) is 5.41. The van der Waals surface area contributed by atoms with E-state index in [4.69, 9.17) is 10.8 Å². The van der Waals surface area contributed by atoms with Crippen LogP contribution in [-0.2, 0) is 0 Å². The van der Waals surface area contributed by atoms with Crippen molar-refractivity contribution in [2.24, 2.45) is 0 Å². The molecule has 0 fully saturated rings. The number of nitrogen functional groups attached to an aromatic ring is 1. The van der Waals surface area contributed by atoms with E-state index in [0.717, 1.165) is 4.70 Å². The first-order chi connectivity index (χ1) is 6.59. The molecule has 0 radical (unpaired) electrons. The molecular formula is C9H6BrNO2S. The Morgan fingerprint density at radius 3 is 2.86 bits per heavy atom. The van der Waals surface area contributed by atoms with Gasteiger partial charge in [0.1, 0.15) is 0 Å². The fourth-order valence-corrected chi connectivity index (χ4v) is 3.09. The third-order valence-electron chi connectivity index (χ3n) is 1.88. The van der Waals surface area contributed by atoms with E-state index in [0.29, 0.717) is 14.9 Å². The number of hydrogen-bond donors (Lipinski definition) is 2. The normalized spacial score (nSPS) is 10.6. The fourth-order valence-electron chi connectivity index (χ4n) is 1.28. The van der Waals surface area contributed by atoms with Crippen molar-refractivity contribution in [3.05, 3.63) is 27.5 Å². The third-order valence-corrected chi connectivity index (χ3v) is 3.72. The van der Waals surface area contributed by atoms with E-state index in [1.165, 1.54) is 11.3 Å². The molecule has 3 N–H and O–H groups in total. The van der Waals surface area contributed by atoms with Crippen LogP contribution in [0.25, 0.3) is 10.1 Å². The zero-order valence-corrected chi connectivity index (χ0v) is 9.35. The molecule has 0 atom stereocenters. The Morgan fingerprint density at radius 2 is 2.21 bits per heavy atom. The van der Waals surface area contributed by atoms with Gasteiger partial charge in [0.25, 0.3) is 0 Å². The smallest absolute Gasteiger partial charge is 0.338 e. The van der Waals surface area contributed by atoms with Gasteiger partial charge in [-0.1, -0.05) is 0 Å². The molecule has 0 saturated heterocycles. The van der Waals surface area contributed by atoms with Gasteiger partial charge in [-0.25, -0.2) is 4.79 Å². The van der Waals surface area contributed by atoms with Crippen molar-refractivity contribution >= 4 is 49.0 Å². The summed E-state index contributed by atoms with van der Waals surface area (Å²) in [4.78, 5) is 10.9. The van der Waals surface area contributed by atoms with Gasteiger partial charge in [0.05, 0.1) is 9.35 Å². The molecule has 1 aromatic heterocycles. The fraction of sp³-hybridized carbons (Fsp3) is 0. The Hall–Kier alpha value is -1.07. The maximum absolute atomic E-state index is 10.9. The molecule has 5 heteroatoms. The predicted octanol–water partition coefficient (Wildman–Crippen LogP) is 2.94. The first-order valence-electron chi connectivity index (χ1n) is 3.80. The van der Waals surface area contributed by atoms with E-state index in [1.807, 2.05) is 6.07 Å². The van der Waals surface area contributed by atoms with Crippen LogP contribution in [0.4, 0.5) is 5.69 Å².